The Labute approximate surface area is 308 Å². The number of alkyl carbamates (subject to hydrolysis) is 1. The van der Waals surface area contributed by atoms with Gasteiger partial charge in [0, 0.05) is 28.8 Å². The summed E-state index contributed by atoms with van der Waals surface area (Å²) in [5, 5.41) is 2.88. The molecule has 2 aliphatic carbocycles. The zero-order valence-electron chi connectivity index (χ0n) is 30.8. The molecule has 2 fully saturated rings. The first-order valence-electron chi connectivity index (χ1n) is 17.9. The number of amides is 2. The average Bonchev–Trinajstić information content (AvgIpc) is 3.86. The number of hydrogen-bond donors (Lipinski definition) is 2. The molecular formula is C38H46F3N5O6S. The van der Waals surface area contributed by atoms with Crippen molar-refractivity contribution >= 4 is 28.0 Å². The Kier molecular flexibility index (Phi) is 10.2. The molecule has 1 aliphatic heterocycles. The molecule has 286 valence electrons. The lowest BCUT2D eigenvalue weighted by molar-refractivity contribution is -0.193. The average molecular weight is 758 g/mol. The van der Waals surface area contributed by atoms with Crippen molar-refractivity contribution in [1.29, 1.82) is 0 Å². The smallest absolute Gasteiger partial charge is 0.407 e. The van der Waals surface area contributed by atoms with Gasteiger partial charge in [-0.3, -0.25) is 4.79 Å². The number of hydrogen-bond acceptors (Lipinski definition) is 8. The van der Waals surface area contributed by atoms with Gasteiger partial charge in [-0.25, -0.2) is 22.9 Å². The highest BCUT2D eigenvalue weighted by molar-refractivity contribution is 7.92. The Bertz CT molecular complexity index is 1980. The lowest BCUT2D eigenvalue weighted by Crippen LogP contribution is -2.54. The van der Waals surface area contributed by atoms with E-state index < -0.39 is 57.7 Å². The van der Waals surface area contributed by atoms with Crippen LogP contribution in [0.25, 0.3) is 11.3 Å². The number of alkyl halides is 3. The van der Waals surface area contributed by atoms with E-state index >= 15 is 0 Å². The second-order valence-corrected chi connectivity index (χ2v) is 17.2. The fraction of sp³-hybridized carbons (Fsp3) is 0.526. The summed E-state index contributed by atoms with van der Waals surface area (Å²) in [5.74, 6) is -0.902. The van der Waals surface area contributed by atoms with Crippen LogP contribution in [-0.4, -0.2) is 71.8 Å². The topological polar surface area (TPSA) is 140 Å². The van der Waals surface area contributed by atoms with Crippen LogP contribution in [0.5, 0.6) is 5.88 Å². The predicted octanol–water partition coefficient (Wildman–Crippen LogP) is 7.64. The van der Waals surface area contributed by atoms with Crippen LogP contribution in [0.15, 0.2) is 47.4 Å². The first-order valence-corrected chi connectivity index (χ1v) is 19.3. The van der Waals surface area contributed by atoms with Crippen LogP contribution in [0, 0.1) is 26.2 Å². The van der Waals surface area contributed by atoms with Crippen molar-refractivity contribution in [3.05, 3.63) is 64.7 Å². The number of carbonyl (C=O) groups excluding carboxylic acids is 2. The van der Waals surface area contributed by atoms with Gasteiger partial charge in [-0.1, -0.05) is 24.3 Å². The van der Waals surface area contributed by atoms with Gasteiger partial charge in [0.25, 0.3) is 15.9 Å². The maximum absolute atomic E-state index is 14.6. The third-order valence-electron chi connectivity index (χ3n) is 10.4. The zero-order valence-corrected chi connectivity index (χ0v) is 31.6. The standard InChI is InChI=1S/C38H46F3N5O6S/c1-22-9-7-10-23(2)30(22)31-24(3)32-44-34(43-31)45-53(49,50)29-12-8-11-25(19-29)33(47)46(28(21-51-32)20-37(17-18-37)38(39,40)41)27-15-13-26(14-16-27)42-35(48)52-36(4,5)6/h7-12,19,26-28H,13-18,20-21H2,1-6H3,(H,42,48)(H,43,44,45)/t26-,27+,28-/m1/s1. The number of anilines is 1. The molecule has 3 aliphatic rings. The number of fused-ring (bicyclic) bond motifs is 4. The zero-order chi connectivity index (χ0) is 38.5. The number of aryl methyl sites for hydroxylation is 2. The second kappa shape index (κ2) is 14.1. The maximum Gasteiger partial charge on any atom is 0.407 e. The second-order valence-electron chi connectivity index (χ2n) is 15.5. The van der Waals surface area contributed by atoms with E-state index in [0.29, 0.717) is 36.9 Å². The Morgan fingerprint density at radius 1 is 1.02 bits per heavy atom. The summed E-state index contributed by atoms with van der Waals surface area (Å²) in [6, 6.07) is 9.24. The normalized spacial score (nSPS) is 22.6. The van der Waals surface area contributed by atoms with E-state index in [1.807, 2.05) is 32.0 Å². The number of rotatable bonds is 5. The molecule has 0 saturated heterocycles. The molecule has 1 atom stereocenters. The quantitative estimate of drug-likeness (QED) is 0.271. The third kappa shape index (κ3) is 8.24. The van der Waals surface area contributed by atoms with Crippen LogP contribution in [0.4, 0.5) is 23.9 Å². The van der Waals surface area contributed by atoms with E-state index in [1.54, 1.807) is 27.7 Å². The summed E-state index contributed by atoms with van der Waals surface area (Å²) in [4.78, 5) is 37.4. The van der Waals surface area contributed by atoms with Gasteiger partial charge in [0.05, 0.1) is 22.0 Å². The first kappa shape index (κ1) is 38.3. The van der Waals surface area contributed by atoms with Gasteiger partial charge in [0.1, 0.15) is 12.2 Å². The summed E-state index contributed by atoms with van der Waals surface area (Å²) in [5.41, 5.74) is 0.644. The van der Waals surface area contributed by atoms with Crippen LogP contribution in [-0.2, 0) is 14.8 Å². The summed E-state index contributed by atoms with van der Waals surface area (Å²) in [6.07, 6.45) is -4.02. The number of ether oxygens (including phenoxy) is 2. The molecule has 3 aromatic rings. The Morgan fingerprint density at radius 3 is 2.26 bits per heavy atom. The molecule has 0 radical (unpaired) electrons. The molecule has 53 heavy (non-hydrogen) atoms. The van der Waals surface area contributed by atoms with Crippen molar-refractivity contribution in [2.75, 3.05) is 11.3 Å². The first-order chi connectivity index (χ1) is 24.8. The predicted molar refractivity (Wildman–Crippen MR) is 192 cm³/mol. The van der Waals surface area contributed by atoms with Crippen molar-refractivity contribution < 1.29 is 40.7 Å². The molecule has 2 amide bonds. The summed E-state index contributed by atoms with van der Waals surface area (Å²) in [7, 11) is -4.34. The lowest BCUT2D eigenvalue weighted by atomic mass is 9.87. The Hall–Kier alpha value is -4.40. The number of nitrogens with zero attached hydrogens (tertiary/aromatic N) is 3. The highest BCUT2D eigenvalue weighted by atomic mass is 32.2. The molecule has 11 nitrogen and oxygen atoms in total. The van der Waals surface area contributed by atoms with Gasteiger partial charge in [-0.2, -0.15) is 18.2 Å². The van der Waals surface area contributed by atoms with Crippen LogP contribution >= 0.6 is 0 Å². The molecule has 0 spiro atoms. The number of benzene rings is 2. The van der Waals surface area contributed by atoms with Crippen molar-refractivity contribution in [3.8, 4) is 17.1 Å². The van der Waals surface area contributed by atoms with Gasteiger partial charge in [-0.05, 0) is 116 Å². The van der Waals surface area contributed by atoms with E-state index in [0.717, 1.165) is 16.7 Å². The summed E-state index contributed by atoms with van der Waals surface area (Å²) < 4.78 is 85.6. The van der Waals surface area contributed by atoms with E-state index in [2.05, 4.69) is 20.0 Å². The summed E-state index contributed by atoms with van der Waals surface area (Å²) >= 11 is 0. The van der Waals surface area contributed by atoms with E-state index in [-0.39, 0.29) is 47.8 Å². The third-order valence-corrected chi connectivity index (χ3v) is 11.7. The highest BCUT2D eigenvalue weighted by Crippen LogP contribution is 2.61. The highest BCUT2D eigenvalue weighted by Gasteiger charge is 2.64. The molecule has 0 unspecified atom stereocenters. The van der Waals surface area contributed by atoms with Crippen LogP contribution in [0.3, 0.4) is 0 Å². The molecular weight excluding hydrogens is 712 g/mol. The Morgan fingerprint density at radius 2 is 1.66 bits per heavy atom. The number of nitrogens with one attached hydrogen (secondary N) is 2. The Balaban J connectivity index is 1.44. The lowest BCUT2D eigenvalue weighted by Gasteiger charge is -2.43. The largest absolute Gasteiger partial charge is 0.475 e. The minimum absolute atomic E-state index is 0.00279. The molecule has 2 heterocycles. The molecule has 6 rings (SSSR count). The molecule has 15 heteroatoms. The van der Waals surface area contributed by atoms with Crippen LogP contribution < -0.4 is 14.8 Å². The van der Waals surface area contributed by atoms with E-state index in [1.165, 1.54) is 29.2 Å². The molecule has 2 saturated carbocycles. The van der Waals surface area contributed by atoms with Gasteiger partial charge >= 0.3 is 12.3 Å². The molecule has 4 bridgehead atoms. The number of aromatic nitrogens is 2. The van der Waals surface area contributed by atoms with Gasteiger partial charge in [0.15, 0.2) is 0 Å². The van der Waals surface area contributed by atoms with E-state index in [4.69, 9.17) is 9.47 Å². The molecule has 1 aromatic heterocycles. The van der Waals surface area contributed by atoms with Gasteiger partial charge in [-0.15, -0.1) is 0 Å². The maximum atomic E-state index is 14.6. The van der Waals surface area contributed by atoms with Crippen molar-refractivity contribution in [1.82, 2.24) is 20.2 Å². The monoisotopic (exact) mass is 757 g/mol. The van der Waals surface area contributed by atoms with E-state index in [9.17, 15) is 31.2 Å². The fourth-order valence-electron chi connectivity index (χ4n) is 7.46. The van der Waals surface area contributed by atoms with Gasteiger partial charge < -0.3 is 19.7 Å². The fourth-order valence-corrected chi connectivity index (χ4v) is 8.45. The molecule has 2 N–H and O–H groups in total. The van der Waals surface area contributed by atoms with Crippen molar-refractivity contribution in [3.63, 3.8) is 0 Å². The minimum atomic E-state index is -4.51. The van der Waals surface area contributed by atoms with Crippen LogP contribution in [0.2, 0.25) is 0 Å². The minimum Gasteiger partial charge on any atom is -0.475 e. The SMILES string of the molecule is Cc1cccc(C)c1-c1nc2nc(c1C)OC[C@@H](CC1(C(F)(F)F)CC1)N([C@H]1CC[C@@H](NC(=O)OC(C)(C)C)CC1)C(=O)c1cccc(c1)S(=O)(=O)N2. The number of carbonyl (C=O) groups is 2. The van der Waals surface area contributed by atoms with Crippen LogP contribution in [0.1, 0.15) is 92.8 Å². The number of halogens is 3. The van der Waals surface area contributed by atoms with Gasteiger partial charge in [0.2, 0.25) is 11.8 Å². The van der Waals surface area contributed by atoms with Crippen molar-refractivity contribution in [2.24, 2.45) is 5.41 Å². The number of sulfonamides is 1. The summed E-state index contributed by atoms with van der Waals surface area (Å²) in [6.45, 7) is 10.4. The molecule has 2 aromatic carbocycles. The van der Waals surface area contributed by atoms with Crippen molar-refractivity contribution in [2.45, 2.75) is 121 Å².